The number of rotatable bonds is 2. The Morgan fingerprint density at radius 2 is 1.85 bits per heavy atom. The van der Waals surface area contributed by atoms with Gasteiger partial charge in [0.1, 0.15) is 0 Å². The van der Waals surface area contributed by atoms with Gasteiger partial charge in [-0.15, -0.1) is 0 Å². The van der Waals surface area contributed by atoms with Crippen molar-refractivity contribution in [3.63, 3.8) is 0 Å². The van der Waals surface area contributed by atoms with Crippen LogP contribution >= 0.6 is 0 Å². The van der Waals surface area contributed by atoms with E-state index < -0.39 is 0 Å². The lowest BCUT2D eigenvalue weighted by molar-refractivity contribution is 0.574. The molecule has 3 nitrogen and oxygen atoms in total. The van der Waals surface area contributed by atoms with Crippen molar-refractivity contribution in [2.24, 2.45) is 7.05 Å². The van der Waals surface area contributed by atoms with Crippen LogP contribution in [0.25, 0.3) is 11.3 Å². The van der Waals surface area contributed by atoms with Crippen LogP contribution < -0.4 is 5.32 Å². The van der Waals surface area contributed by atoms with E-state index in [1.807, 2.05) is 4.68 Å². The van der Waals surface area contributed by atoms with Gasteiger partial charge in [0, 0.05) is 18.7 Å². The van der Waals surface area contributed by atoms with Crippen molar-refractivity contribution in [3.8, 4) is 11.3 Å². The van der Waals surface area contributed by atoms with Crippen LogP contribution in [0.1, 0.15) is 41.3 Å². The highest BCUT2D eigenvalue weighted by molar-refractivity contribution is 5.68. The molecule has 0 amide bonds. The Morgan fingerprint density at radius 3 is 2.45 bits per heavy atom. The van der Waals surface area contributed by atoms with Crippen molar-refractivity contribution in [1.82, 2.24) is 15.1 Å². The Bertz CT molecular complexity index is 611. The van der Waals surface area contributed by atoms with E-state index in [2.05, 4.69) is 51.3 Å². The molecule has 0 spiro atoms. The fraction of sp³-hybridized carbons (Fsp3) is 0.471. The zero-order chi connectivity index (χ0) is 14.3. The minimum atomic E-state index is 0.465. The van der Waals surface area contributed by atoms with Crippen molar-refractivity contribution in [3.05, 3.63) is 40.6 Å². The first-order chi connectivity index (χ1) is 9.56. The number of hydrogen-bond acceptors (Lipinski definition) is 2. The van der Waals surface area contributed by atoms with Gasteiger partial charge in [-0.1, -0.05) is 17.7 Å². The first-order valence-corrected chi connectivity index (χ1v) is 7.42. The molecular formula is C17H23N3. The zero-order valence-electron chi connectivity index (χ0n) is 12.8. The monoisotopic (exact) mass is 269 g/mol. The van der Waals surface area contributed by atoms with Crippen LogP contribution in [0, 0.1) is 20.8 Å². The van der Waals surface area contributed by atoms with Crippen molar-refractivity contribution < 1.29 is 0 Å². The third-order valence-electron chi connectivity index (χ3n) is 4.27. The van der Waals surface area contributed by atoms with Crippen LogP contribution in [0.15, 0.2) is 18.2 Å². The van der Waals surface area contributed by atoms with Crippen LogP contribution in [-0.2, 0) is 7.05 Å². The highest BCUT2D eigenvalue weighted by atomic mass is 15.3. The molecule has 1 saturated heterocycles. The minimum absolute atomic E-state index is 0.465. The van der Waals surface area contributed by atoms with E-state index >= 15 is 0 Å². The van der Waals surface area contributed by atoms with Gasteiger partial charge >= 0.3 is 0 Å². The Kier molecular flexibility index (Phi) is 3.38. The van der Waals surface area contributed by atoms with E-state index in [9.17, 15) is 0 Å². The second-order valence-corrected chi connectivity index (χ2v) is 6.00. The largest absolute Gasteiger partial charge is 0.309 e. The van der Waals surface area contributed by atoms with Crippen LogP contribution in [0.2, 0.25) is 0 Å². The highest BCUT2D eigenvalue weighted by Gasteiger charge is 2.21. The maximum Gasteiger partial charge on any atom is 0.0931 e. The Labute approximate surface area is 121 Å². The number of nitrogens with zero attached hydrogens (tertiary/aromatic N) is 2. The molecule has 1 atom stereocenters. The molecule has 106 valence electrons. The van der Waals surface area contributed by atoms with E-state index in [0.717, 1.165) is 12.2 Å². The van der Waals surface area contributed by atoms with Crippen molar-refractivity contribution in [2.75, 3.05) is 6.54 Å². The summed E-state index contributed by atoms with van der Waals surface area (Å²) in [6.07, 6.45) is 2.47. The van der Waals surface area contributed by atoms with Crippen LogP contribution in [0.3, 0.4) is 0 Å². The summed E-state index contributed by atoms with van der Waals surface area (Å²) in [5.74, 6) is 0. The molecule has 1 aromatic carbocycles. The number of aromatic nitrogens is 2. The molecule has 1 unspecified atom stereocenters. The molecule has 1 N–H and O–H groups in total. The van der Waals surface area contributed by atoms with Crippen molar-refractivity contribution in [1.29, 1.82) is 0 Å². The Hall–Kier alpha value is -1.61. The third kappa shape index (κ3) is 2.27. The number of benzene rings is 1. The third-order valence-corrected chi connectivity index (χ3v) is 4.27. The summed E-state index contributed by atoms with van der Waals surface area (Å²) in [7, 11) is 2.05. The Morgan fingerprint density at radius 1 is 1.15 bits per heavy atom. The smallest absolute Gasteiger partial charge is 0.0931 e. The van der Waals surface area contributed by atoms with E-state index in [1.165, 1.54) is 40.8 Å². The predicted octanol–water partition coefficient (Wildman–Crippen LogP) is 3.44. The first-order valence-electron chi connectivity index (χ1n) is 7.42. The molecule has 1 aliphatic rings. The van der Waals surface area contributed by atoms with Crippen molar-refractivity contribution >= 4 is 0 Å². The van der Waals surface area contributed by atoms with Crippen LogP contribution in [0.5, 0.6) is 0 Å². The molecule has 3 rings (SSSR count). The highest BCUT2D eigenvalue weighted by Crippen LogP contribution is 2.31. The molecule has 1 aliphatic heterocycles. The summed E-state index contributed by atoms with van der Waals surface area (Å²) in [6, 6.07) is 7.20. The number of nitrogens with one attached hydrogen (secondary N) is 1. The quantitative estimate of drug-likeness (QED) is 0.905. The summed E-state index contributed by atoms with van der Waals surface area (Å²) in [4.78, 5) is 0. The van der Waals surface area contributed by atoms with Gasteiger partial charge in [-0.05, 0) is 57.4 Å². The number of aryl methyl sites for hydroxylation is 4. The van der Waals surface area contributed by atoms with Gasteiger partial charge in [-0.3, -0.25) is 4.68 Å². The summed E-state index contributed by atoms with van der Waals surface area (Å²) in [5.41, 5.74) is 7.63. The predicted molar refractivity (Wildman–Crippen MR) is 82.8 cm³/mol. The maximum absolute atomic E-state index is 4.75. The fourth-order valence-electron chi connectivity index (χ4n) is 3.45. The average molecular weight is 269 g/mol. The summed E-state index contributed by atoms with van der Waals surface area (Å²) in [6.45, 7) is 7.62. The lowest BCUT2D eigenvalue weighted by atomic mass is 9.97. The molecule has 2 aromatic rings. The average Bonchev–Trinajstić information content (AvgIpc) is 2.97. The van der Waals surface area contributed by atoms with Crippen LogP contribution in [0.4, 0.5) is 0 Å². The van der Waals surface area contributed by atoms with E-state index in [-0.39, 0.29) is 0 Å². The van der Waals surface area contributed by atoms with Crippen LogP contribution in [-0.4, -0.2) is 16.3 Å². The minimum Gasteiger partial charge on any atom is -0.309 e. The molecule has 3 heteroatoms. The van der Waals surface area contributed by atoms with Gasteiger partial charge < -0.3 is 5.32 Å². The molecule has 0 saturated carbocycles. The zero-order valence-corrected chi connectivity index (χ0v) is 12.8. The normalized spacial score (nSPS) is 18.7. The second kappa shape index (κ2) is 5.06. The standard InChI is InChI=1S/C17H23N3/c1-11-8-12(2)17(13(3)9-11)15-10-16(20(4)19-15)14-6-5-7-18-14/h8-10,14,18H,5-7H2,1-4H3. The van der Waals surface area contributed by atoms with Gasteiger partial charge in [-0.2, -0.15) is 5.10 Å². The fourth-order valence-corrected chi connectivity index (χ4v) is 3.45. The van der Waals surface area contributed by atoms with Crippen molar-refractivity contribution in [2.45, 2.75) is 39.7 Å². The summed E-state index contributed by atoms with van der Waals surface area (Å²) in [5, 5.41) is 8.31. The van der Waals surface area contributed by atoms with E-state index in [1.54, 1.807) is 0 Å². The lowest BCUT2D eigenvalue weighted by Crippen LogP contribution is -2.16. The van der Waals surface area contributed by atoms with Gasteiger partial charge in [0.25, 0.3) is 0 Å². The molecule has 20 heavy (non-hydrogen) atoms. The summed E-state index contributed by atoms with van der Waals surface area (Å²) >= 11 is 0. The van der Waals surface area contributed by atoms with Gasteiger partial charge in [0.05, 0.1) is 11.4 Å². The molecule has 1 aromatic heterocycles. The molecular weight excluding hydrogens is 246 g/mol. The first kappa shape index (κ1) is 13.4. The van der Waals surface area contributed by atoms with Gasteiger partial charge in [0.2, 0.25) is 0 Å². The van der Waals surface area contributed by atoms with E-state index in [0.29, 0.717) is 6.04 Å². The molecule has 0 aliphatic carbocycles. The maximum atomic E-state index is 4.75. The number of hydrogen-bond donors (Lipinski definition) is 1. The Balaban J connectivity index is 2.05. The molecule has 0 radical (unpaired) electrons. The second-order valence-electron chi connectivity index (χ2n) is 6.00. The lowest BCUT2D eigenvalue weighted by Gasteiger charge is -2.09. The van der Waals surface area contributed by atoms with Gasteiger partial charge in [0.15, 0.2) is 0 Å². The molecule has 2 heterocycles. The molecule has 1 fully saturated rings. The topological polar surface area (TPSA) is 29.9 Å². The van der Waals surface area contributed by atoms with E-state index in [4.69, 9.17) is 5.10 Å². The SMILES string of the molecule is Cc1cc(C)c(-c2cc(C3CCCN3)n(C)n2)c(C)c1. The summed E-state index contributed by atoms with van der Waals surface area (Å²) < 4.78 is 2.04. The van der Waals surface area contributed by atoms with Gasteiger partial charge in [-0.25, -0.2) is 0 Å². The molecule has 0 bridgehead atoms.